The average molecular weight is 171 g/mol. The summed E-state index contributed by atoms with van der Waals surface area (Å²) in [5, 5.41) is 2.86. The van der Waals surface area contributed by atoms with Gasteiger partial charge in [0.2, 0.25) is 5.91 Å². The first-order valence-electron chi connectivity index (χ1n) is 4.89. The first kappa shape index (κ1) is 11.5. The fourth-order valence-electron chi connectivity index (χ4n) is 1.35. The van der Waals surface area contributed by atoms with Gasteiger partial charge in [0.1, 0.15) is 0 Å². The van der Waals surface area contributed by atoms with Crippen molar-refractivity contribution in [1.82, 2.24) is 5.32 Å². The van der Waals surface area contributed by atoms with E-state index in [1.807, 2.05) is 6.92 Å². The molecule has 1 atom stereocenters. The Labute approximate surface area is 75.7 Å². The summed E-state index contributed by atoms with van der Waals surface area (Å²) >= 11 is 0. The van der Waals surface area contributed by atoms with Gasteiger partial charge in [-0.15, -0.1) is 0 Å². The van der Waals surface area contributed by atoms with Gasteiger partial charge in [-0.05, 0) is 25.7 Å². The summed E-state index contributed by atoms with van der Waals surface area (Å²) < 4.78 is 0. The fourth-order valence-corrected chi connectivity index (χ4v) is 1.35. The molecule has 0 fully saturated rings. The molecule has 1 amide bonds. The van der Waals surface area contributed by atoms with Crippen molar-refractivity contribution >= 4 is 5.91 Å². The normalized spacial score (nSPS) is 13.1. The third kappa shape index (κ3) is 4.37. The number of carbonyl (C=O) groups excluding carboxylic acids is 1. The number of amides is 1. The molecule has 0 unspecified atom stereocenters. The lowest BCUT2D eigenvalue weighted by Crippen LogP contribution is -2.30. The van der Waals surface area contributed by atoms with Crippen LogP contribution in [0, 0.1) is 11.8 Å². The Balaban J connectivity index is 3.87. The van der Waals surface area contributed by atoms with E-state index in [1.165, 1.54) is 0 Å². The number of hydrogen-bond donors (Lipinski definition) is 1. The minimum Gasteiger partial charge on any atom is -0.356 e. The van der Waals surface area contributed by atoms with Crippen LogP contribution in [0.2, 0.25) is 0 Å². The van der Waals surface area contributed by atoms with Crippen LogP contribution in [0.15, 0.2) is 0 Å². The SMILES string of the molecule is CCNC(=O)[C@@H](CC)CC(C)C. The largest absolute Gasteiger partial charge is 0.356 e. The zero-order valence-corrected chi connectivity index (χ0v) is 8.68. The molecular weight excluding hydrogens is 150 g/mol. The maximum atomic E-state index is 11.4. The van der Waals surface area contributed by atoms with Crippen LogP contribution in [0.1, 0.15) is 40.5 Å². The van der Waals surface area contributed by atoms with E-state index < -0.39 is 0 Å². The molecule has 0 aromatic rings. The Kier molecular flexibility index (Phi) is 5.77. The molecule has 0 bridgehead atoms. The molecule has 0 saturated carbocycles. The van der Waals surface area contributed by atoms with Crippen molar-refractivity contribution in [1.29, 1.82) is 0 Å². The van der Waals surface area contributed by atoms with Gasteiger partial charge in [-0.3, -0.25) is 4.79 Å². The molecule has 0 heterocycles. The molecule has 0 saturated heterocycles. The fraction of sp³-hybridized carbons (Fsp3) is 0.900. The van der Waals surface area contributed by atoms with Crippen LogP contribution in [-0.2, 0) is 4.79 Å². The molecule has 0 aliphatic rings. The molecule has 2 nitrogen and oxygen atoms in total. The lowest BCUT2D eigenvalue weighted by molar-refractivity contribution is -0.125. The third-order valence-electron chi connectivity index (χ3n) is 1.97. The molecule has 0 aromatic heterocycles. The predicted octanol–water partition coefficient (Wildman–Crippen LogP) is 2.19. The lowest BCUT2D eigenvalue weighted by atomic mass is 9.94. The molecule has 72 valence electrons. The highest BCUT2D eigenvalue weighted by Crippen LogP contribution is 2.14. The van der Waals surface area contributed by atoms with Gasteiger partial charge in [-0.1, -0.05) is 20.8 Å². The smallest absolute Gasteiger partial charge is 0.223 e. The van der Waals surface area contributed by atoms with Crippen LogP contribution in [-0.4, -0.2) is 12.5 Å². The molecule has 0 aliphatic carbocycles. The second-order valence-electron chi connectivity index (χ2n) is 3.63. The summed E-state index contributed by atoms with van der Waals surface area (Å²) in [5.41, 5.74) is 0. The molecule has 0 rings (SSSR count). The number of nitrogens with one attached hydrogen (secondary N) is 1. The van der Waals surface area contributed by atoms with Crippen molar-refractivity contribution in [3.05, 3.63) is 0 Å². The maximum Gasteiger partial charge on any atom is 0.223 e. The average Bonchev–Trinajstić information content (AvgIpc) is 2.00. The van der Waals surface area contributed by atoms with Gasteiger partial charge < -0.3 is 5.32 Å². The van der Waals surface area contributed by atoms with Crippen LogP contribution in [0.4, 0.5) is 0 Å². The minimum absolute atomic E-state index is 0.213. The van der Waals surface area contributed by atoms with Crippen LogP contribution >= 0.6 is 0 Å². The molecule has 12 heavy (non-hydrogen) atoms. The van der Waals surface area contributed by atoms with Gasteiger partial charge in [0.25, 0.3) is 0 Å². The monoisotopic (exact) mass is 171 g/mol. The van der Waals surface area contributed by atoms with E-state index in [0.717, 1.165) is 19.4 Å². The number of rotatable bonds is 5. The third-order valence-corrected chi connectivity index (χ3v) is 1.97. The summed E-state index contributed by atoms with van der Waals surface area (Å²) in [6.07, 6.45) is 1.95. The first-order valence-corrected chi connectivity index (χ1v) is 4.89. The van der Waals surface area contributed by atoms with E-state index >= 15 is 0 Å². The molecule has 0 aromatic carbocycles. The Morgan fingerprint density at radius 3 is 2.25 bits per heavy atom. The molecular formula is C10H21NO. The van der Waals surface area contributed by atoms with Gasteiger partial charge in [0, 0.05) is 12.5 Å². The van der Waals surface area contributed by atoms with E-state index in [-0.39, 0.29) is 11.8 Å². The van der Waals surface area contributed by atoms with Crippen LogP contribution < -0.4 is 5.32 Å². The Morgan fingerprint density at radius 1 is 1.33 bits per heavy atom. The van der Waals surface area contributed by atoms with Crippen LogP contribution in [0.25, 0.3) is 0 Å². The first-order chi connectivity index (χ1) is 5.61. The van der Waals surface area contributed by atoms with E-state index in [2.05, 4.69) is 26.1 Å². The topological polar surface area (TPSA) is 29.1 Å². The Morgan fingerprint density at radius 2 is 1.92 bits per heavy atom. The summed E-state index contributed by atoms with van der Waals surface area (Å²) in [6.45, 7) is 9.08. The van der Waals surface area contributed by atoms with E-state index in [0.29, 0.717) is 5.92 Å². The van der Waals surface area contributed by atoms with E-state index in [9.17, 15) is 4.79 Å². The summed E-state index contributed by atoms with van der Waals surface area (Å²) in [5.74, 6) is 1.04. The number of hydrogen-bond acceptors (Lipinski definition) is 1. The second kappa shape index (κ2) is 6.04. The van der Waals surface area contributed by atoms with Gasteiger partial charge in [-0.25, -0.2) is 0 Å². The standard InChI is InChI=1S/C10H21NO/c1-5-9(7-8(3)4)10(12)11-6-2/h8-9H,5-7H2,1-4H3,(H,11,12)/t9-/m0/s1. The van der Waals surface area contributed by atoms with Crippen molar-refractivity contribution in [3.8, 4) is 0 Å². The Bertz CT molecular complexity index is 132. The molecule has 0 spiro atoms. The molecule has 2 heteroatoms. The minimum atomic E-state index is 0.213. The maximum absolute atomic E-state index is 11.4. The van der Waals surface area contributed by atoms with Crippen molar-refractivity contribution in [3.63, 3.8) is 0 Å². The van der Waals surface area contributed by atoms with Gasteiger partial charge in [0.05, 0.1) is 0 Å². The van der Waals surface area contributed by atoms with Crippen molar-refractivity contribution in [2.24, 2.45) is 11.8 Å². The van der Waals surface area contributed by atoms with Crippen molar-refractivity contribution in [2.45, 2.75) is 40.5 Å². The van der Waals surface area contributed by atoms with E-state index in [1.54, 1.807) is 0 Å². The van der Waals surface area contributed by atoms with Gasteiger partial charge >= 0.3 is 0 Å². The highest BCUT2D eigenvalue weighted by atomic mass is 16.1. The zero-order chi connectivity index (χ0) is 9.56. The summed E-state index contributed by atoms with van der Waals surface area (Å²) in [6, 6.07) is 0. The van der Waals surface area contributed by atoms with Gasteiger partial charge in [0.15, 0.2) is 0 Å². The van der Waals surface area contributed by atoms with Crippen molar-refractivity contribution < 1.29 is 4.79 Å². The van der Waals surface area contributed by atoms with Crippen LogP contribution in [0.3, 0.4) is 0 Å². The molecule has 1 N–H and O–H groups in total. The van der Waals surface area contributed by atoms with Crippen molar-refractivity contribution in [2.75, 3.05) is 6.54 Å². The molecule has 0 radical (unpaired) electrons. The highest BCUT2D eigenvalue weighted by Gasteiger charge is 2.16. The second-order valence-corrected chi connectivity index (χ2v) is 3.63. The zero-order valence-electron chi connectivity index (χ0n) is 8.68. The van der Waals surface area contributed by atoms with Gasteiger partial charge in [-0.2, -0.15) is 0 Å². The quantitative estimate of drug-likeness (QED) is 0.675. The van der Waals surface area contributed by atoms with Crippen LogP contribution in [0.5, 0.6) is 0 Å². The van der Waals surface area contributed by atoms with E-state index in [4.69, 9.17) is 0 Å². The summed E-state index contributed by atoms with van der Waals surface area (Å²) in [7, 11) is 0. The highest BCUT2D eigenvalue weighted by molar-refractivity contribution is 5.78. The lowest BCUT2D eigenvalue weighted by Gasteiger charge is -2.15. The summed E-state index contributed by atoms with van der Waals surface area (Å²) in [4.78, 5) is 11.4. The molecule has 0 aliphatic heterocycles. The number of carbonyl (C=O) groups is 1. The predicted molar refractivity (Wildman–Crippen MR) is 51.9 cm³/mol. The Hall–Kier alpha value is -0.530.